The number of piperidine rings is 1. The van der Waals surface area contributed by atoms with Gasteiger partial charge in [0.05, 0.1) is 10.5 Å². The third-order valence-corrected chi connectivity index (χ3v) is 10.6. The van der Waals surface area contributed by atoms with Crippen molar-refractivity contribution in [3.05, 3.63) is 72.1 Å². The summed E-state index contributed by atoms with van der Waals surface area (Å²) in [6.07, 6.45) is -1.86. The summed E-state index contributed by atoms with van der Waals surface area (Å²) in [6, 6.07) is 14.2. The summed E-state index contributed by atoms with van der Waals surface area (Å²) >= 11 is 0. The third kappa shape index (κ3) is 7.66. The zero-order valence-corrected chi connectivity index (χ0v) is 26.3. The molecule has 47 heavy (non-hydrogen) atoms. The number of urea groups is 1. The van der Waals surface area contributed by atoms with Crippen molar-refractivity contribution < 1.29 is 31.2 Å². The first kappa shape index (κ1) is 32.7. The Morgan fingerprint density at radius 2 is 1.53 bits per heavy atom. The number of benzene rings is 2. The average molecular weight is 673 g/mol. The number of hydrogen-bond donors (Lipinski definition) is 2. The molecule has 16 heteroatoms. The van der Waals surface area contributed by atoms with E-state index in [1.807, 2.05) is 30.3 Å². The second-order valence-electron chi connectivity index (χ2n) is 11.8. The molecule has 2 aromatic carbocycles. The van der Waals surface area contributed by atoms with Crippen LogP contribution in [0.15, 0.2) is 65.8 Å². The van der Waals surface area contributed by atoms with E-state index in [-0.39, 0.29) is 42.3 Å². The normalized spacial score (nSPS) is 19.1. The summed E-state index contributed by atoms with van der Waals surface area (Å²) in [5, 5.41) is 5.35. The van der Waals surface area contributed by atoms with Crippen LogP contribution in [0.4, 0.5) is 35.3 Å². The Kier molecular flexibility index (Phi) is 9.34. The molecule has 0 atom stereocenters. The molecule has 4 heterocycles. The van der Waals surface area contributed by atoms with Crippen LogP contribution in [-0.2, 0) is 27.5 Å². The van der Waals surface area contributed by atoms with Gasteiger partial charge in [-0.2, -0.15) is 17.5 Å². The predicted molar refractivity (Wildman–Crippen MR) is 168 cm³/mol. The molecule has 0 saturated carbocycles. The molecule has 0 aliphatic carbocycles. The van der Waals surface area contributed by atoms with Gasteiger partial charge in [0.1, 0.15) is 0 Å². The third-order valence-electron chi connectivity index (χ3n) is 8.66. The SMILES string of the molecule is O=C1CCN(c2ccc(N3CCN(Cc4cccc(S(=O)(=O)N5CCC(Nc6ncc(C(F)(F)F)cn6)CC5)c4)CC3)cc2)C(=O)N1. The first-order valence-electron chi connectivity index (χ1n) is 15.4. The highest BCUT2D eigenvalue weighted by Crippen LogP contribution is 2.29. The van der Waals surface area contributed by atoms with Gasteiger partial charge in [0.15, 0.2) is 0 Å². The van der Waals surface area contributed by atoms with Crippen LogP contribution in [0.5, 0.6) is 0 Å². The number of aromatic nitrogens is 2. The number of nitrogens with zero attached hydrogens (tertiary/aromatic N) is 6. The van der Waals surface area contributed by atoms with Crippen molar-refractivity contribution in [2.75, 3.05) is 60.9 Å². The number of halogens is 3. The monoisotopic (exact) mass is 672 g/mol. The molecule has 3 saturated heterocycles. The number of alkyl halides is 3. The highest BCUT2D eigenvalue weighted by molar-refractivity contribution is 7.89. The Balaban J connectivity index is 0.989. The molecule has 0 unspecified atom stereocenters. The lowest BCUT2D eigenvalue weighted by atomic mass is 10.1. The van der Waals surface area contributed by atoms with Crippen LogP contribution in [0.3, 0.4) is 0 Å². The number of hydrogen-bond acceptors (Lipinski definition) is 9. The van der Waals surface area contributed by atoms with Crippen LogP contribution < -0.4 is 20.4 Å². The van der Waals surface area contributed by atoms with E-state index in [9.17, 15) is 31.2 Å². The fourth-order valence-electron chi connectivity index (χ4n) is 6.00. The van der Waals surface area contributed by atoms with Crippen molar-refractivity contribution in [1.29, 1.82) is 0 Å². The molecule has 250 valence electrons. The minimum Gasteiger partial charge on any atom is -0.369 e. The average Bonchev–Trinajstić information content (AvgIpc) is 3.06. The minimum absolute atomic E-state index is 0.0775. The number of rotatable bonds is 8. The van der Waals surface area contributed by atoms with E-state index in [0.717, 1.165) is 55.5 Å². The quantitative estimate of drug-likeness (QED) is 0.369. The zero-order valence-electron chi connectivity index (χ0n) is 25.5. The van der Waals surface area contributed by atoms with Crippen molar-refractivity contribution >= 4 is 39.3 Å². The van der Waals surface area contributed by atoms with Crippen molar-refractivity contribution in [3.8, 4) is 0 Å². The van der Waals surface area contributed by atoms with E-state index in [1.165, 1.54) is 4.31 Å². The number of carbonyl (C=O) groups excluding carboxylic acids is 2. The molecule has 6 rings (SSSR count). The molecule has 0 bridgehead atoms. The maximum absolute atomic E-state index is 13.5. The largest absolute Gasteiger partial charge is 0.419 e. The van der Waals surface area contributed by atoms with Gasteiger partial charge in [-0.15, -0.1) is 0 Å². The van der Waals surface area contributed by atoms with Crippen molar-refractivity contribution in [2.45, 2.75) is 42.9 Å². The van der Waals surface area contributed by atoms with Crippen LogP contribution in [0.25, 0.3) is 0 Å². The lowest BCUT2D eigenvalue weighted by molar-refractivity contribution is -0.138. The summed E-state index contributed by atoms with van der Waals surface area (Å²) in [6.45, 7) is 4.64. The predicted octanol–water partition coefficient (Wildman–Crippen LogP) is 3.53. The zero-order chi connectivity index (χ0) is 33.2. The van der Waals surface area contributed by atoms with Crippen LogP contribution >= 0.6 is 0 Å². The molecule has 3 fully saturated rings. The number of nitrogens with one attached hydrogen (secondary N) is 2. The summed E-state index contributed by atoms with van der Waals surface area (Å²) in [4.78, 5) is 37.4. The second-order valence-corrected chi connectivity index (χ2v) is 13.7. The topological polar surface area (TPSA) is 131 Å². The van der Waals surface area contributed by atoms with Crippen molar-refractivity contribution in [2.24, 2.45) is 0 Å². The Hall–Kier alpha value is -4.28. The van der Waals surface area contributed by atoms with E-state index in [1.54, 1.807) is 23.1 Å². The van der Waals surface area contributed by atoms with Crippen molar-refractivity contribution in [3.63, 3.8) is 0 Å². The highest BCUT2D eigenvalue weighted by Gasteiger charge is 2.33. The van der Waals surface area contributed by atoms with Crippen LogP contribution in [0.2, 0.25) is 0 Å². The molecule has 3 amide bonds. The maximum Gasteiger partial charge on any atom is 0.419 e. The minimum atomic E-state index is -4.51. The number of amides is 3. The number of piperazine rings is 1. The van der Waals surface area contributed by atoms with E-state index >= 15 is 0 Å². The molecule has 3 aliphatic rings. The van der Waals surface area contributed by atoms with Gasteiger partial charge in [-0.25, -0.2) is 23.2 Å². The van der Waals surface area contributed by atoms with Gasteiger partial charge in [-0.05, 0) is 54.8 Å². The van der Waals surface area contributed by atoms with E-state index in [0.29, 0.717) is 25.9 Å². The smallest absolute Gasteiger partial charge is 0.369 e. The molecule has 3 aliphatic heterocycles. The van der Waals surface area contributed by atoms with E-state index in [2.05, 4.69) is 30.4 Å². The van der Waals surface area contributed by atoms with Crippen LogP contribution in [0, 0.1) is 0 Å². The molecule has 2 N–H and O–H groups in total. The molecule has 0 radical (unpaired) electrons. The Labute approximate surface area is 270 Å². The number of anilines is 3. The first-order valence-corrected chi connectivity index (χ1v) is 16.8. The first-order chi connectivity index (χ1) is 22.5. The van der Waals surface area contributed by atoms with E-state index in [4.69, 9.17) is 0 Å². The number of carbonyl (C=O) groups is 2. The molecular formula is C31H35F3N8O4S. The van der Waals surface area contributed by atoms with Crippen LogP contribution in [-0.4, -0.2) is 91.4 Å². The fraction of sp³-hybridized carbons (Fsp3) is 0.419. The molecule has 0 spiro atoms. The van der Waals surface area contributed by atoms with Gasteiger partial charge in [0.25, 0.3) is 0 Å². The Bertz CT molecular complexity index is 1690. The van der Waals surface area contributed by atoms with Crippen LogP contribution in [0.1, 0.15) is 30.4 Å². The number of imide groups is 1. The fourth-order valence-corrected chi connectivity index (χ4v) is 7.54. The molecular weight excluding hydrogens is 637 g/mol. The summed E-state index contributed by atoms with van der Waals surface area (Å²) in [7, 11) is -3.73. The second kappa shape index (κ2) is 13.4. The summed E-state index contributed by atoms with van der Waals surface area (Å²) in [5.41, 5.74) is 1.75. The van der Waals surface area contributed by atoms with Gasteiger partial charge < -0.3 is 10.2 Å². The van der Waals surface area contributed by atoms with Gasteiger partial charge in [0.2, 0.25) is 21.9 Å². The van der Waals surface area contributed by atoms with Gasteiger partial charge in [-0.1, -0.05) is 12.1 Å². The highest BCUT2D eigenvalue weighted by atomic mass is 32.2. The van der Waals surface area contributed by atoms with Gasteiger partial charge >= 0.3 is 12.2 Å². The summed E-state index contributed by atoms with van der Waals surface area (Å²) in [5.74, 6) is -0.188. The van der Waals surface area contributed by atoms with E-state index < -0.39 is 27.8 Å². The lowest BCUT2D eigenvalue weighted by Gasteiger charge is -2.36. The lowest BCUT2D eigenvalue weighted by Crippen LogP contribution is -2.49. The maximum atomic E-state index is 13.5. The molecule has 12 nitrogen and oxygen atoms in total. The Morgan fingerprint density at radius 3 is 2.17 bits per heavy atom. The Morgan fingerprint density at radius 1 is 0.872 bits per heavy atom. The van der Waals surface area contributed by atoms with Gasteiger partial charge in [0, 0.05) is 88.6 Å². The standard InChI is InChI=1S/C31H35F3N8O4S/c32-31(33,34)23-19-35-29(36-20-23)37-24-8-11-41(12-9-24)47(45,46)27-3-1-2-22(18-27)21-39-14-16-40(17-15-39)25-4-6-26(7-5-25)42-13-10-28(43)38-30(42)44/h1-7,18-20,24H,8-17,21H2,(H,35,36,37)(H,38,43,44). The molecule has 3 aromatic rings. The van der Waals surface area contributed by atoms with Gasteiger partial charge in [-0.3, -0.25) is 19.9 Å². The van der Waals surface area contributed by atoms with Crippen molar-refractivity contribution in [1.82, 2.24) is 24.5 Å². The summed E-state index contributed by atoms with van der Waals surface area (Å²) < 4.78 is 66.8. The molecule has 1 aromatic heterocycles. The number of sulfonamides is 1.